The highest BCUT2D eigenvalue weighted by atomic mass is 16.5. The second-order valence-corrected chi connectivity index (χ2v) is 3.43. The average molecular weight is 211 g/mol. The molecule has 0 saturated heterocycles. The van der Waals surface area contributed by atoms with Gasteiger partial charge in [0.25, 0.3) is 0 Å². The molecule has 0 spiro atoms. The van der Waals surface area contributed by atoms with Gasteiger partial charge in [0.05, 0.1) is 19.6 Å². The summed E-state index contributed by atoms with van der Waals surface area (Å²) in [5.41, 5.74) is 0.891. The van der Waals surface area contributed by atoms with Crippen LogP contribution in [0, 0.1) is 0 Å². The molecule has 1 aromatic rings. The van der Waals surface area contributed by atoms with Crippen LogP contribution in [0.4, 0.5) is 0 Å². The van der Waals surface area contributed by atoms with Crippen LogP contribution < -0.4 is 0 Å². The van der Waals surface area contributed by atoms with Crippen molar-refractivity contribution in [1.29, 1.82) is 0 Å². The Labute approximate surface area is 89.5 Å². The van der Waals surface area contributed by atoms with Crippen molar-refractivity contribution >= 4 is 5.97 Å². The fourth-order valence-electron chi connectivity index (χ4n) is 1.35. The zero-order valence-electron chi connectivity index (χ0n) is 9.14. The molecule has 0 aliphatic rings. The highest BCUT2D eigenvalue weighted by molar-refractivity contribution is 5.68. The van der Waals surface area contributed by atoms with Crippen molar-refractivity contribution in [3.63, 3.8) is 0 Å². The first-order valence-corrected chi connectivity index (χ1v) is 5.08. The molecule has 1 aromatic heterocycles. The van der Waals surface area contributed by atoms with E-state index in [1.54, 1.807) is 0 Å². The van der Waals surface area contributed by atoms with E-state index in [2.05, 4.69) is 4.74 Å². The van der Waals surface area contributed by atoms with E-state index in [-0.39, 0.29) is 5.97 Å². The monoisotopic (exact) mass is 211 g/mol. The Hall–Kier alpha value is -1.29. The number of aryl methyl sites for hydroxylation is 1. The first-order valence-electron chi connectivity index (χ1n) is 5.08. The van der Waals surface area contributed by atoms with E-state index in [0.29, 0.717) is 19.4 Å². The molecule has 1 unspecified atom stereocenters. The second-order valence-electron chi connectivity index (χ2n) is 3.43. The van der Waals surface area contributed by atoms with Crippen LogP contribution in [0.5, 0.6) is 0 Å². The Morgan fingerprint density at radius 3 is 3.00 bits per heavy atom. The van der Waals surface area contributed by atoms with Gasteiger partial charge in [-0.2, -0.15) is 0 Å². The van der Waals surface area contributed by atoms with Gasteiger partial charge in [-0.05, 0) is 18.1 Å². The van der Waals surface area contributed by atoms with Crippen molar-refractivity contribution in [2.75, 3.05) is 7.11 Å². The van der Waals surface area contributed by atoms with E-state index < -0.39 is 6.10 Å². The number of carbonyl (C=O) groups is 1. The predicted molar refractivity (Wildman–Crippen MR) is 56.3 cm³/mol. The molecule has 1 atom stereocenters. The molecule has 15 heavy (non-hydrogen) atoms. The lowest BCUT2D eigenvalue weighted by molar-refractivity contribution is -0.140. The number of ether oxygens (including phenoxy) is 1. The molecular formula is C11H17NO3. The van der Waals surface area contributed by atoms with E-state index in [0.717, 1.165) is 5.56 Å². The first kappa shape index (κ1) is 11.8. The lowest BCUT2D eigenvalue weighted by Gasteiger charge is -2.04. The quantitative estimate of drug-likeness (QED) is 0.751. The molecule has 1 rings (SSSR count). The normalized spacial score (nSPS) is 12.5. The number of carbonyl (C=O) groups excluding carboxylic acids is 1. The van der Waals surface area contributed by atoms with Gasteiger partial charge in [-0.3, -0.25) is 4.79 Å². The molecular weight excluding hydrogens is 194 g/mol. The average Bonchev–Trinajstić information content (AvgIpc) is 2.73. The number of aliphatic hydroxyl groups is 1. The minimum atomic E-state index is -0.413. The molecule has 0 radical (unpaired) electrons. The lowest BCUT2D eigenvalue weighted by Crippen LogP contribution is -2.05. The van der Waals surface area contributed by atoms with Crippen LogP contribution in [0.25, 0.3) is 0 Å². The first-order chi connectivity index (χ1) is 7.17. The molecule has 84 valence electrons. The van der Waals surface area contributed by atoms with Crippen LogP contribution in [-0.2, 0) is 16.1 Å². The van der Waals surface area contributed by atoms with Gasteiger partial charge in [0.15, 0.2) is 0 Å². The molecule has 0 fully saturated rings. The molecule has 1 heterocycles. The largest absolute Gasteiger partial charge is 0.469 e. The van der Waals surface area contributed by atoms with E-state index >= 15 is 0 Å². The third kappa shape index (κ3) is 3.40. The third-order valence-corrected chi connectivity index (χ3v) is 2.35. The van der Waals surface area contributed by atoms with Gasteiger partial charge in [-0.15, -0.1) is 0 Å². The summed E-state index contributed by atoms with van der Waals surface area (Å²) in [6.07, 6.45) is 4.35. The number of aliphatic hydroxyl groups excluding tert-OH is 1. The summed E-state index contributed by atoms with van der Waals surface area (Å²) in [5.74, 6) is -0.221. The molecule has 4 heteroatoms. The smallest absolute Gasteiger partial charge is 0.307 e. The molecule has 0 aliphatic heterocycles. The Kier molecular flexibility index (Phi) is 4.37. The van der Waals surface area contributed by atoms with Gasteiger partial charge in [0.1, 0.15) is 0 Å². The van der Waals surface area contributed by atoms with Crippen LogP contribution in [-0.4, -0.2) is 22.8 Å². The Morgan fingerprint density at radius 2 is 2.40 bits per heavy atom. The minimum Gasteiger partial charge on any atom is -0.469 e. The number of methoxy groups -OCH3 is 1. The third-order valence-electron chi connectivity index (χ3n) is 2.35. The SMILES string of the molecule is CCC(O)c1ccn(CCC(=O)OC)c1. The van der Waals surface area contributed by atoms with E-state index in [4.69, 9.17) is 0 Å². The molecule has 1 N–H and O–H groups in total. The van der Waals surface area contributed by atoms with Crippen molar-refractivity contribution in [1.82, 2.24) is 4.57 Å². The fraction of sp³-hybridized carbons (Fsp3) is 0.545. The molecule has 0 bridgehead atoms. The number of esters is 1. The van der Waals surface area contributed by atoms with Crippen molar-refractivity contribution < 1.29 is 14.6 Å². The number of rotatable bonds is 5. The Balaban J connectivity index is 2.49. The molecule has 4 nitrogen and oxygen atoms in total. The van der Waals surface area contributed by atoms with Crippen molar-refractivity contribution in [3.05, 3.63) is 24.0 Å². The zero-order valence-corrected chi connectivity index (χ0v) is 9.14. The van der Waals surface area contributed by atoms with Gasteiger partial charge >= 0.3 is 5.97 Å². The second kappa shape index (κ2) is 5.56. The molecule has 0 saturated carbocycles. The van der Waals surface area contributed by atoms with Gasteiger partial charge < -0.3 is 14.4 Å². The summed E-state index contributed by atoms with van der Waals surface area (Å²) in [6.45, 7) is 2.51. The van der Waals surface area contributed by atoms with Crippen LogP contribution >= 0.6 is 0 Å². The van der Waals surface area contributed by atoms with Crippen LogP contribution in [0.3, 0.4) is 0 Å². The predicted octanol–water partition coefficient (Wildman–Crippen LogP) is 1.49. The molecule has 0 aliphatic carbocycles. The summed E-state index contributed by atoms with van der Waals surface area (Å²) in [6, 6.07) is 1.87. The van der Waals surface area contributed by atoms with Crippen LogP contribution in [0.2, 0.25) is 0 Å². The highest BCUT2D eigenvalue weighted by Gasteiger charge is 2.07. The Bertz CT molecular complexity index is 319. The molecule has 0 aromatic carbocycles. The Morgan fingerprint density at radius 1 is 1.67 bits per heavy atom. The topological polar surface area (TPSA) is 51.5 Å². The summed E-state index contributed by atoms with van der Waals surface area (Å²) < 4.78 is 6.43. The minimum absolute atomic E-state index is 0.221. The maximum atomic E-state index is 10.9. The standard InChI is InChI=1S/C11H17NO3/c1-3-10(13)9-4-6-12(8-9)7-5-11(14)15-2/h4,6,8,10,13H,3,5,7H2,1-2H3. The van der Waals surface area contributed by atoms with E-state index in [9.17, 15) is 9.90 Å². The summed E-state index contributed by atoms with van der Waals surface area (Å²) in [5, 5.41) is 9.56. The molecule has 0 amide bonds. The van der Waals surface area contributed by atoms with Gasteiger partial charge in [-0.25, -0.2) is 0 Å². The van der Waals surface area contributed by atoms with E-state index in [1.165, 1.54) is 7.11 Å². The fourth-order valence-corrected chi connectivity index (χ4v) is 1.35. The number of nitrogens with zero attached hydrogens (tertiary/aromatic N) is 1. The van der Waals surface area contributed by atoms with Crippen LogP contribution in [0.15, 0.2) is 18.5 Å². The number of hydrogen-bond donors (Lipinski definition) is 1. The zero-order chi connectivity index (χ0) is 11.3. The highest BCUT2D eigenvalue weighted by Crippen LogP contribution is 2.16. The van der Waals surface area contributed by atoms with Crippen molar-refractivity contribution in [3.8, 4) is 0 Å². The van der Waals surface area contributed by atoms with E-state index in [1.807, 2.05) is 30.0 Å². The van der Waals surface area contributed by atoms with Gasteiger partial charge in [0, 0.05) is 18.9 Å². The van der Waals surface area contributed by atoms with Crippen molar-refractivity contribution in [2.45, 2.75) is 32.4 Å². The summed E-state index contributed by atoms with van der Waals surface area (Å²) in [4.78, 5) is 10.9. The maximum Gasteiger partial charge on any atom is 0.307 e. The number of aromatic nitrogens is 1. The van der Waals surface area contributed by atoms with Gasteiger partial charge in [-0.1, -0.05) is 6.92 Å². The van der Waals surface area contributed by atoms with Crippen LogP contribution in [0.1, 0.15) is 31.4 Å². The van der Waals surface area contributed by atoms with Gasteiger partial charge in [0.2, 0.25) is 0 Å². The summed E-state index contributed by atoms with van der Waals surface area (Å²) in [7, 11) is 1.38. The lowest BCUT2D eigenvalue weighted by atomic mass is 10.1. The summed E-state index contributed by atoms with van der Waals surface area (Å²) >= 11 is 0. The van der Waals surface area contributed by atoms with Crippen molar-refractivity contribution in [2.24, 2.45) is 0 Å². The number of hydrogen-bond acceptors (Lipinski definition) is 3. The maximum absolute atomic E-state index is 10.9.